The van der Waals surface area contributed by atoms with Crippen LogP contribution >= 0.6 is 23.2 Å². The Labute approximate surface area is 206 Å². The summed E-state index contributed by atoms with van der Waals surface area (Å²) in [6, 6.07) is 21.0. The lowest BCUT2D eigenvalue weighted by molar-refractivity contribution is 0.166. The Kier molecular flexibility index (Phi) is 8.21. The zero-order chi connectivity index (χ0) is 24.8. The molecule has 2 heterocycles. The second-order valence-corrected chi connectivity index (χ2v) is 8.76. The SMILES string of the molecule is Cc1cc(Cc2ccc(Cl)cc2)n(O)c(=O)c1.Cc1cc(Cc2ccccc2Cl)n(O)c(=O)c1. The fourth-order valence-electron chi connectivity index (χ4n) is 3.43. The van der Waals surface area contributed by atoms with Gasteiger partial charge in [0.2, 0.25) is 0 Å². The number of rotatable bonds is 4. The van der Waals surface area contributed by atoms with Crippen LogP contribution in [0.4, 0.5) is 0 Å². The van der Waals surface area contributed by atoms with E-state index in [4.69, 9.17) is 23.2 Å². The molecule has 2 aromatic carbocycles. The Morgan fingerprint density at radius 3 is 1.74 bits per heavy atom. The first-order chi connectivity index (χ1) is 16.1. The van der Waals surface area contributed by atoms with Gasteiger partial charge in [-0.05, 0) is 66.4 Å². The van der Waals surface area contributed by atoms with E-state index >= 15 is 0 Å². The van der Waals surface area contributed by atoms with Gasteiger partial charge in [0.15, 0.2) is 0 Å². The topological polar surface area (TPSA) is 84.5 Å². The van der Waals surface area contributed by atoms with Crippen molar-refractivity contribution in [2.45, 2.75) is 26.7 Å². The van der Waals surface area contributed by atoms with Crippen LogP contribution in [0.25, 0.3) is 0 Å². The fraction of sp³-hybridized carbons (Fsp3) is 0.154. The van der Waals surface area contributed by atoms with Gasteiger partial charge >= 0.3 is 0 Å². The standard InChI is InChI=1S/2C13H12ClNO2/c1-9-6-12(15(17)13(16)7-9)8-10-2-4-11(14)5-3-10;1-9-6-11(15(17)13(16)7-9)8-10-4-2-3-5-12(10)14/h2*2-7,17H,8H2,1H3. The lowest BCUT2D eigenvalue weighted by Gasteiger charge is -2.08. The molecule has 2 N–H and O–H groups in total. The molecule has 0 spiro atoms. The number of aromatic nitrogens is 2. The van der Waals surface area contributed by atoms with Crippen LogP contribution < -0.4 is 11.1 Å². The Morgan fingerprint density at radius 1 is 0.706 bits per heavy atom. The summed E-state index contributed by atoms with van der Waals surface area (Å²) in [5.41, 5.74) is 3.79. The number of nitrogens with zero attached hydrogens (tertiary/aromatic N) is 2. The van der Waals surface area contributed by atoms with Crippen molar-refractivity contribution in [3.63, 3.8) is 0 Å². The van der Waals surface area contributed by atoms with Crippen LogP contribution in [-0.2, 0) is 12.8 Å². The molecule has 176 valence electrons. The average molecular weight is 499 g/mol. The Balaban J connectivity index is 0.000000191. The Hall–Kier alpha value is -3.48. The second-order valence-electron chi connectivity index (χ2n) is 7.92. The van der Waals surface area contributed by atoms with E-state index < -0.39 is 11.1 Å². The lowest BCUT2D eigenvalue weighted by Crippen LogP contribution is -2.21. The Bertz CT molecular complexity index is 1410. The third-order valence-corrected chi connectivity index (χ3v) is 5.70. The minimum Gasteiger partial charge on any atom is -0.425 e. The van der Waals surface area contributed by atoms with E-state index in [1.165, 1.54) is 12.1 Å². The molecule has 6 nitrogen and oxygen atoms in total. The molecule has 2 aromatic heterocycles. The number of halogens is 2. The maximum absolute atomic E-state index is 11.4. The molecule has 0 bridgehead atoms. The van der Waals surface area contributed by atoms with Crippen LogP contribution in [0.15, 0.2) is 82.4 Å². The minimum atomic E-state index is -0.424. The molecule has 0 fully saturated rings. The number of aryl methyl sites for hydroxylation is 2. The highest BCUT2D eigenvalue weighted by atomic mass is 35.5. The summed E-state index contributed by atoms with van der Waals surface area (Å²) >= 11 is 11.8. The summed E-state index contributed by atoms with van der Waals surface area (Å²) in [6.45, 7) is 3.64. The summed E-state index contributed by atoms with van der Waals surface area (Å²) in [6.07, 6.45) is 0.914. The molecule has 0 aliphatic carbocycles. The van der Waals surface area contributed by atoms with E-state index in [1.807, 2.05) is 44.2 Å². The third kappa shape index (κ3) is 6.53. The maximum Gasteiger partial charge on any atom is 0.283 e. The Morgan fingerprint density at radius 2 is 1.21 bits per heavy atom. The first kappa shape index (κ1) is 25.1. The molecule has 8 heteroatoms. The molecule has 4 aromatic rings. The van der Waals surface area contributed by atoms with Crippen molar-refractivity contribution < 1.29 is 10.4 Å². The summed E-state index contributed by atoms with van der Waals surface area (Å²) in [5.74, 6) is 0. The van der Waals surface area contributed by atoms with E-state index in [-0.39, 0.29) is 0 Å². The van der Waals surface area contributed by atoms with Gasteiger partial charge in [-0.25, -0.2) is 0 Å². The molecule has 0 aliphatic heterocycles. The van der Waals surface area contributed by atoms with Gasteiger partial charge in [-0.2, -0.15) is 9.46 Å². The number of benzene rings is 2. The normalized spacial score (nSPS) is 10.5. The zero-order valence-electron chi connectivity index (χ0n) is 18.7. The summed E-state index contributed by atoms with van der Waals surface area (Å²) < 4.78 is 1.35. The van der Waals surface area contributed by atoms with Crippen LogP contribution in [0.2, 0.25) is 10.0 Å². The average Bonchev–Trinajstić information content (AvgIpc) is 2.78. The fourth-order valence-corrected chi connectivity index (χ4v) is 3.75. The van der Waals surface area contributed by atoms with Gasteiger partial charge in [0.05, 0.1) is 11.4 Å². The zero-order valence-corrected chi connectivity index (χ0v) is 20.2. The van der Waals surface area contributed by atoms with Gasteiger partial charge in [-0.3, -0.25) is 9.59 Å². The quantitative estimate of drug-likeness (QED) is 0.375. The van der Waals surface area contributed by atoms with Crippen LogP contribution in [0.5, 0.6) is 0 Å². The van der Waals surface area contributed by atoms with Crippen LogP contribution in [0, 0.1) is 13.8 Å². The highest BCUT2D eigenvalue weighted by Gasteiger charge is 2.07. The molecule has 0 aliphatic rings. The molecular weight excluding hydrogens is 475 g/mol. The van der Waals surface area contributed by atoms with Crippen molar-refractivity contribution in [3.05, 3.63) is 137 Å². The number of hydrogen-bond donors (Lipinski definition) is 2. The van der Waals surface area contributed by atoms with Crippen LogP contribution in [-0.4, -0.2) is 19.9 Å². The van der Waals surface area contributed by atoms with Crippen molar-refractivity contribution >= 4 is 23.2 Å². The number of hydrogen-bond acceptors (Lipinski definition) is 4. The van der Waals surface area contributed by atoms with Gasteiger partial charge < -0.3 is 10.4 Å². The smallest absolute Gasteiger partial charge is 0.283 e. The molecule has 4 rings (SSSR count). The largest absolute Gasteiger partial charge is 0.425 e. The van der Waals surface area contributed by atoms with E-state index in [2.05, 4.69) is 0 Å². The van der Waals surface area contributed by atoms with Crippen molar-refractivity contribution in [2.75, 3.05) is 0 Å². The van der Waals surface area contributed by atoms with Gasteiger partial charge in [0.25, 0.3) is 11.1 Å². The molecular formula is C26H24Cl2N2O4. The molecule has 0 saturated carbocycles. The monoisotopic (exact) mass is 498 g/mol. The molecule has 34 heavy (non-hydrogen) atoms. The minimum absolute atomic E-state index is 0.408. The number of pyridine rings is 2. The van der Waals surface area contributed by atoms with Crippen molar-refractivity contribution in [1.29, 1.82) is 0 Å². The lowest BCUT2D eigenvalue weighted by atomic mass is 10.1. The molecule has 0 atom stereocenters. The van der Waals surface area contributed by atoms with Gasteiger partial charge in [-0.15, -0.1) is 0 Å². The van der Waals surface area contributed by atoms with E-state index in [1.54, 1.807) is 30.3 Å². The molecule has 0 unspecified atom stereocenters. The van der Waals surface area contributed by atoms with E-state index in [9.17, 15) is 20.0 Å². The third-order valence-electron chi connectivity index (χ3n) is 5.08. The van der Waals surface area contributed by atoms with Crippen LogP contribution in [0.3, 0.4) is 0 Å². The predicted octanol–water partition coefficient (Wildman–Crippen LogP) is 5.28. The molecule has 0 saturated heterocycles. The van der Waals surface area contributed by atoms with Gasteiger partial charge in [0.1, 0.15) is 0 Å². The molecule has 0 amide bonds. The van der Waals surface area contributed by atoms with E-state index in [0.29, 0.717) is 43.7 Å². The first-order valence-corrected chi connectivity index (χ1v) is 11.2. The van der Waals surface area contributed by atoms with Gasteiger partial charge in [-0.1, -0.05) is 53.5 Å². The van der Waals surface area contributed by atoms with Crippen molar-refractivity contribution in [3.8, 4) is 0 Å². The highest BCUT2D eigenvalue weighted by Crippen LogP contribution is 2.18. The maximum atomic E-state index is 11.4. The highest BCUT2D eigenvalue weighted by molar-refractivity contribution is 6.31. The summed E-state index contributed by atoms with van der Waals surface area (Å²) in [4.78, 5) is 22.8. The summed E-state index contributed by atoms with van der Waals surface area (Å²) in [5, 5.41) is 20.5. The van der Waals surface area contributed by atoms with Crippen molar-refractivity contribution in [1.82, 2.24) is 9.46 Å². The second kappa shape index (κ2) is 11.1. The summed E-state index contributed by atoms with van der Waals surface area (Å²) in [7, 11) is 0. The van der Waals surface area contributed by atoms with E-state index in [0.717, 1.165) is 22.3 Å². The van der Waals surface area contributed by atoms with Crippen molar-refractivity contribution in [2.24, 2.45) is 0 Å². The van der Waals surface area contributed by atoms with Crippen LogP contribution in [0.1, 0.15) is 33.6 Å². The predicted molar refractivity (Wildman–Crippen MR) is 134 cm³/mol. The molecule has 0 radical (unpaired) electrons. The van der Waals surface area contributed by atoms with Gasteiger partial charge in [0, 0.05) is 35.0 Å². The first-order valence-electron chi connectivity index (χ1n) is 10.5.